The number of ether oxygens (including phenoxy) is 2. The minimum absolute atomic E-state index is 0.155. The Morgan fingerprint density at radius 1 is 1.03 bits per heavy atom. The highest BCUT2D eigenvalue weighted by atomic mass is 19.1. The molecule has 0 aliphatic carbocycles. The number of benzene rings is 3. The van der Waals surface area contributed by atoms with Crippen LogP contribution >= 0.6 is 0 Å². The minimum Gasteiger partial charge on any atom is -0.497 e. The summed E-state index contributed by atoms with van der Waals surface area (Å²) in [6.07, 6.45) is 0. The fraction of sp³-hybridized carbons (Fsp3) is 0.269. The summed E-state index contributed by atoms with van der Waals surface area (Å²) >= 11 is 0. The van der Waals surface area contributed by atoms with Crippen molar-refractivity contribution in [2.75, 3.05) is 40.0 Å². The van der Waals surface area contributed by atoms with Gasteiger partial charge in [0.25, 0.3) is 5.91 Å². The van der Waals surface area contributed by atoms with Crippen LogP contribution in [0.4, 0.5) is 13.2 Å². The third kappa shape index (κ3) is 5.40. The van der Waals surface area contributed by atoms with Gasteiger partial charge in [0, 0.05) is 31.3 Å². The molecule has 0 bridgehead atoms. The third-order valence-corrected chi connectivity index (χ3v) is 5.88. The molecule has 1 unspecified atom stereocenters. The van der Waals surface area contributed by atoms with Gasteiger partial charge in [0.2, 0.25) is 0 Å². The van der Waals surface area contributed by atoms with Crippen LogP contribution in [0.5, 0.6) is 5.75 Å². The molecule has 0 saturated carbocycles. The van der Waals surface area contributed by atoms with Crippen LogP contribution < -0.4 is 10.1 Å². The average molecular weight is 470 g/mol. The fourth-order valence-electron chi connectivity index (χ4n) is 4.07. The van der Waals surface area contributed by atoms with E-state index in [9.17, 15) is 18.0 Å². The third-order valence-electron chi connectivity index (χ3n) is 5.88. The lowest BCUT2D eigenvalue weighted by Crippen LogP contribution is -2.44. The number of hydrogen-bond acceptors (Lipinski definition) is 4. The molecule has 0 spiro atoms. The number of methoxy groups -OCH3 is 1. The first kappa shape index (κ1) is 23.8. The Bertz CT molecular complexity index is 1170. The Hall–Kier alpha value is -3.36. The molecule has 0 radical (unpaired) electrons. The lowest BCUT2D eigenvalue weighted by atomic mass is 10.0. The zero-order valence-corrected chi connectivity index (χ0v) is 18.7. The molecule has 1 amide bonds. The predicted molar refractivity (Wildman–Crippen MR) is 122 cm³/mol. The van der Waals surface area contributed by atoms with Crippen molar-refractivity contribution in [2.24, 2.45) is 0 Å². The van der Waals surface area contributed by atoms with Gasteiger partial charge in [0.15, 0.2) is 0 Å². The topological polar surface area (TPSA) is 50.8 Å². The van der Waals surface area contributed by atoms with E-state index in [4.69, 9.17) is 9.47 Å². The highest BCUT2D eigenvalue weighted by Crippen LogP contribution is 2.28. The molecule has 3 aromatic rings. The molecule has 8 heteroatoms. The number of nitrogens with one attached hydrogen (secondary N) is 1. The van der Waals surface area contributed by atoms with Crippen LogP contribution in [0.25, 0.3) is 11.1 Å². The molecule has 178 valence electrons. The van der Waals surface area contributed by atoms with Crippen molar-refractivity contribution in [2.45, 2.75) is 6.04 Å². The molecular formula is C26H25F3N2O3. The number of halogens is 3. The number of carbonyl (C=O) groups is 1. The van der Waals surface area contributed by atoms with E-state index < -0.39 is 17.5 Å². The lowest BCUT2D eigenvalue weighted by molar-refractivity contribution is 0.0161. The quantitative estimate of drug-likeness (QED) is 0.549. The maximum Gasteiger partial charge on any atom is 0.254 e. The Morgan fingerprint density at radius 2 is 1.82 bits per heavy atom. The Kier molecular flexibility index (Phi) is 7.49. The summed E-state index contributed by atoms with van der Waals surface area (Å²) in [6, 6.07) is 14.2. The van der Waals surface area contributed by atoms with E-state index in [-0.39, 0.29) is 29.5 Å². The van der Waals surface area contributed by atoms with Gasteiger partial charge >= 0.3 is 0 Å². The smallest absolute Gasteiger partial charge is 0.254 e. The van der Waals surface area contributed by atoms with Gasteiger partial charge in [-0.05, 0) is 47.5 Å². The van der Waals surface area contributed by atoms with Crippen LogP contribution in [0, 0.1) is 17.5 Å². The summed E-state index contributed by atoms with van der Waals surface area (Å²) in [5, 5.41) is 2.77. The van der Waals surface area contributed by atoms with Crippen LogP contribution in [0.15, 0.2) is 60.7 Å². The van der Waals surface area contributed by atoms with Crippen LogP contribution in [0.3, 0.4) is 0 Å². The zero-order chi connectivity index (χ0) is 24.1. The molecular weight excluding hydrogens is 445 g/mol. The number of carbonyl (C=O) groups excluding carboxylic acids is 1. The van der Waals surface area contributed by atoms with Crippen LogP contribution in [-0.2, 0) is 4.74 Å². The molecule has 1 fully saturated rings. The predicted octanol–water partition coefficient (Wildman–Crippen LogP) is 4.58. The molecule has 4 rings (SSSR count). The molecule has 1 saturated heterocycles. The van der Waals surface area contributed by atoms with E-state index in [2.05, 4.69) is 10.2 Å². The standard InChI is InChI=1S/C26H25F3N2O3/c1-33-20-6-8-21(24(29)15-20)17-5-7-22(23(28)14-17)26(32)30-16-25(31-9-11-34-12-10-31)18-3-2-4-19(27)13-18/h2-8,13-15,25H,9-12,16H2,1H3,(H,30,32). The first-order valence-electron chi connectivity index (χ1n) is 10.9. The summed E-state index contributed by atoms with van der Waals surface area (Å²) in [4.78, 5) is 14.9. The highest BCUT2D eigenvalue weighted by molar-refractivity contribution is 5.95. The normalized spacial score (nSPS) is 15.1. The molecule has 1 aliphatic heterocycles. The van der Waals surface area contributed by atoms with E-state index in [0.717, 1.165) is 6.07 Å². The number of rotatable bonds is 7. The molecule has 1 heterocycles. The fourth-order valence-corrected chi connectivity index (χ4v) is 4.07. The van der Waals surface area contributed by atoms with Crippen molar-refractivity contribution in [3.05, 3.63) is 89.2 Å². The van der Waals surface area contributed by atoms with E-state index in [1.807, 2.05) is 0 Å². The van der Waals surface area contributed by atoms with Gasteiger partial charge in [-0.3, -0.25) is 9.69 Å². The lowest BCUT2D eigenvalue weighted by Gasteiger charge is -2.35. The number of hydrogen-bond donors (Lipinski definition) is 1. The van der Waals surface area contributed by atoms with Gasteiger partial charge in [-0.25, -0.2) is 13.2 Å². The van der Waals surface area contributed by atoms with E-state index in [1.54, 1.807) is 18.2 Å². The first-order chi connectivity index (χ1) is 16.5. The van der Waals surface area contributed by atoms with Gasteiger partial charge in [-0.15, -0.1) is 0 Å². The molecule has 0 aromatic heterocycles. The maximum absolute atomic E-state index is 14.8. The van der Waals surface area contributed by atoms with Crippen molar-refractivity contribution in [1.29, 1.82) is 0 Å². The van der Waals surface area contributed by atoms with Crippen LogP contribution in [0.2, 0.25) is 0 Å². The average Bonchev–Trinajstić information content (AvgIpc) is 2.84. The Morgan fingerprint density at radius 3 is 2.50 bits per heavy atom. The monoisotopic (exact) mass is 470 g/mol. The summed E-state index contributed by atoms with van der Waals surface area (Å²) < 4.78 is 53.4. The largest absolute Gasteiger partial charge is 0.497 e. The van der Waals surface area contributed by atoms with Gasteiger partial charge in [0.1, 0.15) is 23.2 Å². The van der Waals surface area contributed by atoms with Crippen LogP contribution in [-0.4, -0.2) is 50.8 Å². The van der Waals surface area contributed by atoms with Gasteiger partial charge < -0.3 is 14.8 Å². The SMILES string of the molecule is COc1ccc(-c2ccc(C(=O)NCC(c3cccc(F)c3)N3CCOCC3)c(F)c2)c(F)c1. The summed E-state index contributed by atoms with van der Waals surface area (Å²) in [5.41, 5.74) is 1.07. The molecule has 1 aliphatic rings. The van der Waals surface area contributed by atoms with E-state index in [0.29, 0.717) is 43.2 Å². The van der Waals surface area contributed by atoms with Gasteiger partial charge in [0.05, 0.1) is 31.9 Å². The molecule has 1 atom stereocenters. The van der Waals surface area contributed by atoms with E-state index >= 15 is 0 Å². The maximum atomic E-state index is 14.8. The van der Waals surface area contributed by atoms with Crippen molar-refractivity contribution >= 4 is 5.91 Å². The number of morpholine rings is 1. The highest BCUT2D eigenvalue weighted by Gasteiger charge is 2.24. The van der Waals surface area contributed by atoms with Gasteiger partial charge in [-0.2, -0.15) is 0 Å². The second-order valence-electron chi connectivity index (χ2n) is 7.97. The number of amides is 1. The molecule has 1 N–H and O–H groups in total. The summed E-state index contributed by atoms with van der Waals surface area (Å²) in [6.45, 7) is 2.51. The van der Waals surface area contributed by atoms with E-state index in [1.165, 1.54) is 43.5 Å². The van der Waals surface area contributed by atoms with Crippen molar-refractivity contribution in [3.63, 3.8) is 0 Å². The van der Waals surface area contributed by atoms with Crippen LogP contribution in [0.1, 0.15) is 22.0 Å². The zero-order valence-electron chi connectivity index (χ0n) is 18.7. The van der Waals surface area contributed by atoms with Crippen molar-refractivity contribution in [1.82, 2.24) is 10.2 Å². The molecule has 3 aromatic carbocycles. The first-order valence-corrected chi connectivity index (χ1v) is 10.9. The minimum atomic E-state index is -0.765. The second kappa shape index (κ2) is 10.7. The van der Waals surface area contributed by atoms with Crippen molar-refractivity contribution < 1.29 is 27.4 Å². The summed E-state index contributed by atoms with van der Waals surface area (Å²) in [5.74, 6) is -1.94. The Balaban J connectivity index is 1.50. The summed E-state index contributed by atoms with van der Waals surface area (Å²) in [7, 11) is 1.43. The molecule has 34 heavy (non-hydrogen) atoms. The second-order valence-corrected chi connectivity index (χ2v) is 7.97. The van der Waals surface area contributed by atoms with Gasteiger partial charge in [-0.1, -0.05) is 18.2 Å². The Labute approximate surface area is 196 Å². The molecule has 5 nitrogen and oxygen atoms in total. The van der Waals surface area contributed by atoms with Crippen molar-refractivity contribution in [3.8, 4) is 16.9 Å². The number of nitrogens with zero attached hydrogens (tertiary/aromatic N) is 1.